The first-order valence-corrected chi connectivity index (χ1v) is 13.3. The zero-order valence-electron chi connectivity index (χ0n) is 19.1. The summed E-state index contributed by atoms with van der Waals surface area (Å²) in [7, 11) is -1.56. The molecule has 33 heavy (non-hydrogen) atoms. The molecule has 0 atom stereocenters. The van der Waals surface area contributed by atoms with Crippen molar-refractivity contribution in [2.45, 2.75) is 31.3 Å². The fourth-order valence-corrected chi connectivity index (χ4v) is 4.49. The van der Waals surface area contributed by atoms with Crippen molar-refractivity contribution < 1.29 is 22.7 Å². The van der Waals surface area contributed by atoms with Crippen molar-refractivity contribution in [3.8, 4) is 22.1 Å². The molecule has 1 aromatic heterocycles. The number of ether oxygens (including phenoxy) is 2. The van der Waals surface area contributed by atoms with Crippen LogP contribution in [0.15, 0.2) is 58.8 Å². The Bertz CT molecular complexity index is 1190. The topological polar surface area (TPSA) is 85.8 Å². The second-order valence-corrected chi connectivity index (χ2v) is 10.8. The molecule has 0 radical (unpaired) electrons. The van der Waals surface area contributed by atoms with E-state index in [0.717, 1.165) is 22.6 Å². The lowest BCUT2D eigenvalue weighted by atomic mass is 10.2. The van der Waals surface area contributed by atoms with E-state index >= 15 is 0 Å². The average molecular weight is 489 g/mol. The number of benzene rings is 2. The highest BCUT2D eigenvalue weighted by Gasteiger charge is 2.16. The third-order valence-corrected chi connectivity index (χ3v) is 6.68. The predicted octanol–water partition coefficient (Wildman–Crippen LogP) is 4.54. The summed E-state index contributed by atoms with van der Waals surface area (Å²) in [5, 5.41) is 2.54. The van der Waals surface area contributed by atoms with Crippen molar-refractivity contribution in [3.05, 3.63) is 59.6 Å². The summed E-state index contributed by atoms with van der Waals surface area (Å²) in [4.78, 5) is 19.0. The standard InChI is InChI=1S/C24H28N2O5S2/c1-17(2)31-19-11-9-18(10-12-19)23-25-22(16-32-23)24(27)26(3)13-6-14-30-20-7-5-8-21(15-20)33(4,28)29/h5,7-12,15-17H,6,13-14H2,1-4H3. The molecule has 3 rings (SSSR count). The maximum atomic E-state index is 12.7. The van der Waals surface area contributed by atoms with Gasteiger partial charge in [-0.3, -0.25) is 4.79 Å². The van der Waals surface area contributed by atoms with E-state index in [1.54, 1.807) is 29.5 Å². The Balaban J connectivity index is 1.51. The summed E-state index contributed by atoms with van der Waals surface area (Å²) in [5.74, 6) is 1.13. The van der Waals surface area contributed by atoms with Crippen molar-refractivity contribution in [1.82, 2.24) is 9.88 Å². The van der Waals surface area contributed by atoms with Crippen LogP contribution in [-0.4, -0.2) is 56.8 Å². The van der Waals surface area contributed by atoms with Crippen LogP contribution in [0.1, 0.15) is 30.8 Å². The van der Waals surface area contributed by atoms with Crippen LogP contribution in [0.4, 0.5) is 0 Å². The summed E-state index contributed by atoms with van der Waals surface area (Å²) in [6.07, 6.45) is 1.87. The highest BCUT2D eigenvalue weighted by atomic mass is 32.2. The molecule has 0 saturated carbocycles. The lowest BCUT2D eigenvalue weighted by Crippen LogP contribution is -2.28. The van der Waals surface area contributed by atoms with Gasteiger partial charge in [-0.15, -0.1) is 11.3 Å². The summed E-state index contributed by atoms with van der Waals surface area (Å²) < 4.78 is 34.6. The third kappa shape index (κ3) is 7.03. The molecule has 176 valence electrons. The molecule has 0 saturated heterocycles. The van der Waals surface area contributed by atoms with Gasteiger partial charge in [-0.1, -0.05) is 6.07 Å². The number of sulfone groups is 1. The fraction of sp³-hybridized carbons (Fsp3) is 0.333. The first-order valence-electron chi connectivity index (χ1n) is 10.5. The molecule has 0 unspecified atom stereocenters. The first-order chi connectivity index (χ1) is 15.6. The molecule has 0 fully saturated rings. The number of hydrogen-bond acceptors (Lipinski definition) is 7. The van der Waals surface area contributed by atoms with Gasteiger partial charge in [0, 0.05) is 30.8 Å². The van der Waals surface area contributed by atoms with E-state index in [4.69, 9.17) is 9.47 Å². The Morgan fingerprint density at radius 1 is 1.12 bits per heavy atom. The molecule has 0 N–H and O–H groups in total. The van der Waals surface area contributed by atoms with Crippen LogP contribution in [0.2, 0.25) is 0 Å². The smallest absolute Gasteiger partial charge is 0.273 e. The lowest BCUT2D eigenvalue weighted by Gasteiger charge is -2.16. The number of thiazole rings is 1. The maximum absolute atomic E-state index is 12.7. The number of carbonyl (C=O) groups excluding carboxylic acids is 1. The summed E-state index contributed by atoms with van der Waals surface area (Å²) in [6, 6.07) is 14.1. The average Bonchev–Trinajstić information content (AvgIpc) is 3.26. The zero-order chi connectivity index (χ0) is 24.0. The molecule has 9 heteroatoms. The molecule has 1 heterocycles. The molecule has 7 nitrogen and oxygen atoms in total. The minimum Gasteiger partial charge on any atom is -0.493 e. The molecule has 0 aliphatic heterocycles. The van der Waals surface area contributed by atoms with E-state index < -0.39 is 9.84 Å². The Labute approximate surface area is 198 Å². The Hall–Kier alpha value is -2.91. The summed E-state index contributed by atoms with van der Waals surface area (Å²) in [6.45, 7) is 4.80. The minimum atomic E-state index is -3.28. The van der Waals surface area contributed by atoms with Crippen molar-refractivity contribution in [3.63, 3.8) is 0 Å². The van der Waals surface area contributed by atoms with Gasteiger partial charge in [0.25, 0.3) is 5.91 Å². The normalized spacial score (nSPS) is 11.4. The van der Waals surface area contributed by atoms with Gasteiger partial charge < -0.3 is 14.4 Å². The van der Waals surface area contributed by atoms with Gasteiger partial charge in [0.1, 0.15) is 22.2 Å². The monoisotopic (exact) mass is 488 g/mol. The van der Waals surface area contributed by atoms with E-state index in [2.05, 4.69) is 4.98 Å². The first kappa shape index (κ1) is 24.7. The van der Waals surface area contributed by atoms with E-state index in [1.165, 1.54) is 23.5 Å². The van der Waals surface area contributed by atoms with Crippen LogP contribution in [-0.2, 0) is 9.84 Å². The molecule has 0 aliphatic carbocycles. The van der Waals surface area contributed by atoms with Crippen LogP contribution in [0.25, 0.3) is 10.6 Å². The van der Waals surface area contributed by atoms with Crippen molar-refractivity contribution in [2.75, 3.05) is 26.5 Å². The molecule has 1 amide bonds. The number of aromatic nitrogens is 1. The van der Waals surface area contributed by atoms with Gasteiger partial charge >= 0.3 is 0 Å². The van der Waals surface area contributed by atoms with Crippen molar-refractivity contribution in [1.29, 1.82) is 0 Å². The van der Waals surface area contributed by atoms with Crippen molar-refractivity contribution in [2.24, 2.45) is 0 Å². The molecule has 3 aromatic rings. The summed E-state index contributed by atoms with van der Waals surface area (Å²) >= 11 is 1.42. The molecular formula is C24H28N2O5S2. The SMILES string of the molecule is CC(C)Oc1ccc(-c2nc(C(=O)N(C)CCCOc3cccc(S(C)(=O)=O)c3)cs2)cc1. The summed E-state index contributed by atoms with van der Waals surface area (Å²) in [5.41, 5.74) is 1.34. The predicted molar refractivity (Wildman–Crippen MR) is 130 cm³/mol. The van der Waals surface area contributed by atoms with E-state index in [1.807, 2.05) is 38.1 Å². The molecular weight excluding hydrogens is 460 g/mol. The number of carbonyl (C=O) groups is 1. The number of rotatable bonds is 10. The van der Waals surface area contributed by atoms with E-state index in [9.17, 15) is 13.2 Å². The van der Waals surface area contributed by atoms with Gasteiger partial charge in [0.05, 0.1) is 17.6 Å². The van der Waals surface area contributed by atoms with Crippen LogP contribution < -0.4 is 9.47 Å². The minimum absolute atomic E-state index is 0.110. The van der Waals surface area contributed by atoms with E-state index in [-0.39, 0.29) is 16.9 Å². The van der Waals surface area contributed by atoms with Gasteiger partial charge in [0.15, 0.2) is 9.84 Å². The van der Waals surface area contributed by atoms with Crippen molar-refractivity contribution >= 4 is 27.1 Å². The van der Waals surface area contributed by atoms with Crippen LogP contribution in [0.3, 0.4) is 0 Å². The number of nitrogens with zero attached hydrogens (tertiary/aromatic N) is 2. The third-order valence-electron chi connectivity index (χ3n) is 4.68. The zero-order valence-corrected chi connectivity index (χ0v) is 20.8. The second-order valence-electron chi connectivity index (χ2n) is 7.90. The lowest BCUT2D eigenvalue weighted by molar-refractivity contribution is 0.0783. The van der Waals surface area contributed by atoms with Crippen LogP contribution >= 0.6 is 11.3 Å². The second kappa shape index (κ2) is 10.8. The molecule has 0 aliphatic rings. The number of amides is 1. The Kier molecular flexibility index (Phi) is 8.10. The molecule has 0 bridgehead atoms. The Morgan fingerprint density at radius 2 is 1.85 bits per heavy atom. The highest BCUT2D eigenvalue weighted by Crippen LogP contribution is 2.26. The van der Waals surface area contributed by atoms with Crippen LogP contribution in [0.5, 0.6) is 11.5 Å². The quantitative estimate of drug-likeness (QED) is 0.390. The number of hydrogen-bond donors (Lipinski definition) is 0. The fourth-order valence-electron chi connectivity index (χ4n) is 3.04. The maximum Gasteiger partial charge on any atom is 0.273 e. The van der Waals surface area contributed by atoms with Crippen LogP contribution in [0, 0.1) is 0 Å². The van der Waals surface area contributed by atoms with Gasteiger partial charge in [-0.2, -0.15) is 0 Å². The van der Waals surface area contributed by atoms with Gasteiger partial charge in [0.2, 0.25) is 0 Å². The highest BCUT2D eigenvalue weighted by molar-refractivity contribution is 7.90. The van der Waals surface area contributed by atoms with Gasteiger partial charge in [-0.25, -0.2) is 13.4 Å². The molecule has 2 aromatic carbocycles. The van der Waals surface area contributed by atoms with E-state index in [0.29, 0.717) is 31.0 Å². The largest absolute Gasteiger partial charge is 0.493 e. The Morgan fingerprint density at radius 3 is 2.52 bits per heavy atom. The molecule has 0 spiro atoms. The van der Waals surface area contributed by atoms with Gasteiger partial charge in [-0.05, 0) is 62.7 Å².